The molecular weight excluding hydrogens is 228 g/mol. The Morgan fingerprint density at radius 2 is 2.00 bits per heavy atom. The van der Waals surface area contributed by atoms with E-state index in [-0.39, 0.29) is 12.5 Å². The molecule has 1 atom stereocenters. The van der Waals surface area contributed by atoms with Crippen LogP contribution < -0.4 is 16.2 Å². The van der Waals surface area contributed by atoms with Crippen molar-refractivity contribution < 1.29 is 9.53 Å². The van der Waals surface area contributed by atoms with Gasteiger partial charge >= 0.3 is 0 Å². The Labute approximate surface area is 99.5 Å². The van der Waals surface area contributed by atoms with E-state index < -0.39 is 5.91 Å². The molecule has 0 fully saturated rings. The van der Waals surface area contributed by atoms with Crippen molar-refractivity contribution in [1.29, 1.82) is 0 Å². The molecule has 16 heavy (non-hydrogen) atoms. The molecule has 1 rings (SSSR count). The number of benzene rings is 1. The number of amides is 1. The van der Waals surface area contributed by atoms with E-state index in [0.29, 0.717) is 12.5 Å². The first-order valence-electron chi connectivity index (χ1n) is 4.96. The average molecular weight is 243 g/mol. The van der Waals surface area contributed by atoms with Gasteiger partial charge in [0.1, 0.15) is 12.4 Å². The van der Waals surface area contributed by atoms with Crippen molar-refractivity contribution in [2.75, 3.05) is 12.5 Å². The second kappa shape index (κ2) is 6.35. The van der Waals surface area contributed by atoms with Crippen LogP contribution in [0, 0.1) is 0 Å². The van der Waals surface area contributed by atoms with Crippen LogP contribution in [-0.2, 0) is 4.79 Å². The third-order valence-electron chi connectivity index (χ3n) is 2.08. The van der Waals surface area contributed by atoms with E-state index in [2.05, 4.69) is 0 Å². The lowest BCUT2D eigenvalue weighted by atomic mass is 10.0. The van der Waals surface area contributed by atoms with Gasteiger partial charge in [0.15, 0.2) is 0 Å². The van der Waals surface area contributed by atoms with Crippen molar-refractivity contribution in [2.24, 2.45) is 11.5 Å². The molecule has 1 amide bonds. The fourth-order valence-electron chi connectivity index (χ4n) is 1.30. The highest BCUT2D eigenvalue weighted by atomic mass is 35.5. The maximum absolute atomic E-state index is 10.7. The van der Waals surface area contributed by atoms with E-state index in [9.17, 15) is 4.79 Å². The van der Waals surface area contributed by atoms with Crippen molar-refractivity contribution in [1.82, 2.24) is 0 Å². The monoisotopic (exact) mass is 242 g/mol. The van der Waals surface area contributed by atoms with Crippen LogP contribution in [0.1, 0.15) is 18.0 Å². The normalized spacial score (nSPS) is 12.1. The molecule has 1 aromatic rings. The zero-order valence-electron chi connectivity index (χ0n) is 8.86. The Hall–Kier alpha value is -1.26. The van der Waals surface area contributed by atoms with Crippen LogP contribution in [0.15, 0.2) is 24.3 Å². The minimum absolute atomic E-state index is 0.141. The summed E-state index contributed by atoms with van der Waals surface area (Å²) in [6.45, 7) is 0.467. The largest absolute Gasteiger partial charge is 0.492 e. The third-order valence-corrected chi connectivity index (χ3v) is 2.23. The van der Waals surface area contributed by atoms with Gasteiger partial charge in [-0.3, -0.25) is 4.79 Å². The molecule has 88 valence electrons. The molecule has 1 unspecified atom stereocenters. The van der Waals surface area contributed by atoms with Gasteiger partial charge in [0.25, 0.3) is 0 Å². The second-order valence-corrected chi connectivity index (χ2v) is 3.76. The smallest absolute Gasteiger partial charge is 0.219 e. The SMILES string of the molecule is NC(=O)CC(N)c1ccc(OCCCl)cc1. The minimum atomic E-state index is -0.407. The Kier molecular flexibility index (Phi) is 5.08. The van der Waals surface area contributed by atoms with E-state index in [4.69, 9.17) is 27.8 Å². The molecule has 0 bridgehead atoms. The van der Waals surface area contributed by atoms with Crippen LogP contribution >= 0.6 is 11.6 Å². The molecule has 0 heterocycles. The predicted molar refractivity (Wildman–Crippen MR) is 63.4 cm³/mol. The van der Waals surface area contributed by atoms with Gasteiger partial charge in [-0.1, -0.05) is 12.1 Å². The first-order valence-corrected chi connectivity index (χ1v) is 5.49. The number of halogens is 1. The summed E-state index contributed by atoms with van der Waals surface area (Å²) in [4.78, 5) is 10.7. The maximum Gasteiger partial charge on any atom is 0.219 e. The number of alkyl halides is 1. The zero-order chi connectivity index (χ0) is 12.0. The Morgan fingerprint density at radius 1 is 1.38 bits per heavy atom. The molecule has 0 spiro atoms. The second-order valence-electron chi connectivity index (χ2n) is 3.38. The third kappa shape index (κ3) is 4.08. The fourth-order valence-corrected chi connectivity index (χ4v) is 1.38. The van der Waals surface area contributed by atoms with Gasteiger partial charge in [0, 0.05) is 12.5 Å². The predicted octanol–water partition coefficient (Wildman–Crippen LogP) is 1.18. The number of hydrogen-bond acceptors (Lipinski definition) is 3. The standard InChI is InChI=1S/C11H15ClN2O2/c12-5-6-16-9-3-1-8(2-4-9)10(13)7-11(14)15/h1-4,10H,5-7,13H2,(H2,14,15). The molecule has 0 aliphatic rings. The molecule has 1 aromatic carbocycles. The summed E-state index contributed by atoms with van der Waals surface area (Å²) in [5, 5.41) is 0. The van der Waals surface area contributed by atoms with Gasteiger partial charge in [-0.05, 0) is 17.7 Å². The lowest BCUT2D eigenvalue weighted by Crippen LogP contribution is -2.20. The highest BCUT2D eigenvalue weighted by Crippen LogP contribution is 2.18. The van der Waals surface area contributed by atoms with Gasteiger partial charge in [0.05, 0.1) is 5.88 Å². The van der Waals surface area contributed by atoms with Gasteiger partial charge in [-0.15, -0.1) is 11.6 Å². The first kappa shape index (κ1) is 12.8. The molecule has 5 heteroatoms. The zero-order valence-corrected chi connectivity index (χ0v) is 9.61. The van der Waals surface area contributed by atoms with Crippen LogP contribution in [-0.4, -0.2) is 18.4 Å². The Morgan fingerprint density at radius 3 is 2.50 bits per heavy atom. The highest BCUT2D eigenvalue weighted by Gasteiger charge is 2.08. The van der Waals surface area contributed by atoms with E-state index in [1.165, 1.54) is 0 Å². The molecular formula is C11H15ClN2O2. The van der Waals surface area contributed by atoms with Crippen LogP contribution in [0.4, 0.5) is 0 Å². The molecule has 4 nitrogen and oxygen atoms in total. The van der Waals surface area contributed by atoms with Gasteiger partial charge in [-0.25, -0.2) is 0 Å². The van der Waals surface area contributed by atoms with Crippen LogP contribution in [0.25, 0.3) is 0 Å². The van der Waals surface area contributed by atoms with Gasteiger partial charge in [0.2, 0.25) is 5.91 Å². The summed E-state index contributed by atoms with van der Waals surface area (Å²) in [5.74, 6) is 0.772. The van der Waals surface area contributed by atoms with Crippen molar-refractivity contribution in [3.63, 3.8) is 0 Å². The highest BCUT2D eigenvalue weighted by molar-refractivity contribution is 6.18. The van der Waals surface area contributed by atoms with Crippen molar-refractivity contribution in [3.05, 3.63) is 29.8 Å². The summed E-state index contributed by atoms with van der Waals surface area (Å²) >= 11 is 5.49. The topological polar surface area (TPSA) is 78.3 Å². The van der Waals surface area contributed by atoms with E-state index in [1.807, 2.05) is 12.1 Å². The number of ether oxygens (including phenoxy) is 1. The molecule has 0 aliphatic carbocycles. The van der Waals surface area contributed by atoms with E-state index in [1.54, 1.807) is 12.1 Å². The number of hydrogen-bond donors (Lipinski definition) is 2. The number of rotatable bonds is 6. The summed E-state index contributed by atoms with van der Waals surface area (Å²) in [6.07, 6.45) is 0.141. The number of nitrogens with two attached hydrogens (primary N) is 2. The molecule has 0 aliphatic heterocycles. The van der Waals surface area contributed by atoms with Gasteiger partial charge in [-0.2, -0.15) is 0 Å². The lowest BCUT2D eigenvalue weighted by Gasteiger charge is -2.10. The van der Waals surface area contributed by atoms with Crippen molar-refractivity contribution >= 4 is 17.5 Å². The van der Waals surface area contributed by atoms with Gasteiger partial charge < -0.3 is 16.2 Å². The fraction of sp³-hybridized carbons (Fsp3) is 0.364. The van der Waals surface area contributed by atoms with Crippen LogP contribution in [0.2, 0.25) is 0 Å². The number of carbonyl (C=O) groups excluding carboxylic acids is 1. The quantitative estimate of drug-likeness (QED) is 0.736. The summed E-state index contributed by atoms with van der Waals surface area (Å²) < 4.78 is 5.31. The van der Waals surface area contributed by atoms with Crippen molar-refractivity contribution in [3.8, 4) is 5.75 Å². The Bertz CT molecular complexity index is 340. The molecule has 0 aromatic heterocycles. The van der Waals surface area contributed by atoms with Crippen molar-refractivity contribution in [2.45, 2.75) is 12.5 Å². The summed E-state index contributed by atoms with van der Waals surface area (Å²) in [6, 6.07) is 6.86. The number of carbonyl (C=O) groups is 1. The first-order chi connectivity index (χ1) is 7.63. The maximum atomic E-state index is 10.7. The van der Waals surface area contributed by atoms with E-state index in [0.717, 1.165) is 11.3 Å². The number of primary amides is 1. The molecule has 0 saturated heterocycles. The van der Waals surface area contributed by atoms with E-state index >= 15 is 0 Å². The molecule has 4 N–H and O–H groups in total. The lowest BCUT2D eigenvalue weighted by molar-refractivity contribution is -0.118. The molecule has 0 radical (unpaired) electrons. The summed E-state index contributed by atoms with van der Waals surface area (Å²) in [7, 11) is 0. The summed E-state index contributed by atoms with van der Waals surface area (Å²) in [5.41, 5.74) is 11.7. The van der Waals surface area contributed by atoms with Crippen LogP contribution in [0.3, 0.4) is 0 Å². The Balaban J connectivity index is 2.59. The molecule has 0 saturated carbocycles. The minimum Gasteiger partial charge on any atom is -0.492 e. The van der Waals surface area contributed by atoms with Crippen LogP contribution in [0.5, 0.6) is 5.75 Å². The average Bonchev–Trinajstić information content (AvgIpc) is 2.26.